The quantitative estimate of drug-likeness (QED) is 0.818. The van der Waals surface area contributed by atoms with Crippen molar-refractivity contribution in [3.63, 3.8) is 0 Å². The maximum absolute atomic E-state index is 12.8. The monoisotopic (exact) mass is 380 g/mol. The summed E-state index contributed by atoms with van der Waals surface area (Å²) >= 11 is 0. The second-order valence-corrected chi connectivity index (χ2v) is 7.65. The fraction of sp³-hybridized carbons (Fsp3) is 0.455. The van der Waals surface area contributed by atoms with Crippen LogP contribution in [0.15, 0.2) is 30.3 Å². The molecule has 2 amide bonds. The molecule has 1 unspecified atom stereocenters. The van der Waals surface area contributed by atoms with Gasteiger partial charge in [-0.05, 0) is 38.8 Å². The number of piperidine rings is 1. The van der Waals surface area contributed by atoms with Crippen molar-refractivity contribution in [2.75, 3.05) is 27.2 Å². The van der Waals surface area contributed by atoms with Crippen LogP contribution in [0.4, 0.5) is 0 Å². The van der Waals surface area contributed by atoms with Gasteiger partial charge in [0.1, 0.15) is 5.82 Å². The lowest BCUT2D eigenvalue weighted by Crippen LogP contribution is -2.39. The van der Waals surface area contributed by atoms with Gasteiger partial charge in [-0.3, -0.25) is 9.59 Å². The van der Waals surface area contributed by atoms with Crippen LogP contribution in [0, 0.1) is 13.8 Å². The molecule has 3 rings (SSSR count). The molecular formula is C22H28N4O2. The van der Waals surface area contributed by atoms with E-state index in [4.69, 9.17) is 9.97 Å². The number of likely N-dealkylation sites (N-methyl/N-ethyl adjacent to an activating group) is 1. The largest absolute Gasteiger partial charge is 0.349 e. The molecule has 0 radical (unpaired) electrons. The first-order valence-electron chi connectivity index (χ1n) is 9.75. The molecule has 6 heteroatoms. The average Bonchev–Trinajstić information content (AvgIpc) is 2.70. The molecule has 6 nitrogen and oxygen atoms in total. The van der Waals surface area contributed by atoms with Crippen molar-refractivity contribution in [2.45, 2.75) is 39.0 Å². The molecule has 0 bridgehead atoms. The highest BCUT2D eigenvalue weighted by atomic mass is 16.2. The van der Waals surface area contributed by atoms with E-state index in [0.29, 0.717) is 18.5 Å². The Morgan fingerprint density at radius 1 is 1.11 bits per heavy atom. The molecule has 1 aromatic heterocycles. The second kappa shape index (κ2) is 8.50. The Labute approximate surface area is 166 Å². The van der Waals surface area contributed by atoms with Gasteiger partial charge in [0.05, 0.1) is 6.42 Å². The molecule has 1 atom stereocenters. The highest BCUT2D eigenvalue weighted by Crippen LogP contribution is 2.27. The number of aromatic nitrogens is 2. The van der Waals surface area contributed by atoms with Gasteiger partial charge in [-0.2, -0.15) is 0 Å². The highest BCUT2D eigenvalue weighted by Gasteiger charge is 2.28. The number of carbonyl (C=O) groups excluding carboxylic acids is 2. The van der Waals surface area contributed by atoms with Gasteiger partial charge >= 0.3 is 0 Å². The Morgan fingerprint density at radius 3 is 2.36 bits per heavy atom. The molecule has 1 fully saturated rings. The van der Waals surface area contributed by atoms with Crippen LogP contribution in [0.2, 0.25) is 0 Å². The first kappa shape index (κ1) is 20.0. The van der Waals surface area contributed by atoms with Gasteiger partial charge in [0.2, 0.25) is 5.91 Å². The third kappa shape index (κ3) is 4.38. The van der Waals surface area contributed by atoms with Gasteiger partial charge in [-0.1, -0.05) is 18.2 Å². The van der Waals surface area contributed by atoms with E-state index < -0.39 is 0 Å². The lowest BCUT2D eigenvalue weighted by molar-refractivity contribution is -0.128. The lowest BCUT2D eigenvalue weighted by atomic mass is 9.95. The zero-order valence-electron chi connectivity index (χ0n) is 17.1. The molecule has 0 saturated carbocycles. The minimum Gasteiger partial charge on any atom is -0.349 e. The molecule has 1 aromatic carbocycles. The van der Waals surface area contributed by atoms with Gasteiger partial charge in [-0.25, -0.2) is 9.97 Å². The zero-order valence-corrected chi connectivity index (χ0v) is 17.1. The minimum absolute atomic E-state index is 0.0415. The summed E-state index contributed by atoms with van der Waals surface area (Å²) in [6, 6.07) is 9.40. The van der Waals surface area contributed by atoms with Crippen LogP contribution in [0.5, 0.6) is 0 Å². The van der Waals surface area contributed by atoms with Crippen molar-refractivity contribution >= 4 is 11.8 Å². The molecule has 1 aliphatic rings. The molecular weight excluding hydrogens is 352 g/mol. The zero-order chi connectivity index (χ0) is 20.3. The van der Waals surface area contributed by atoms with Crippen molar-refractivity contribution in [3.8, 4) is 0 Å². The van der Waals surface area contributed by atoms with Crippen molar-refractivity contribution in [1.29, 1.82) is 0 Å². The fourth-order valence-electron chi connectivity index (χ4n) is 3.65. The predicted molar refractivity (Wildman–Crippen MR) is 108 cm³/mol. The summed E-state index contributed by atoms with van der Waals surface area (Å²) in [5, 5.41) is 0. The SMILES string of the molecule is Cc1nc(C2CCCN(C(=O)c3ccccc3)C2)nc(C)c1CC(=O)N(C)C. The van der Waals surface area contributed by atoms with Crippen molar-refractivity contribution in [3.05, 3.63) is 58.7 Å². The molecule has 2 heterocycles. The topological polar surface area (TPSA) is 66.4 Å². The van der Waals surface area contributed by atoms with E-state index in [1.807, 2.05) is 49.1 Å². The maximum atomic E-state index is 12.8. The Morgan fingerprint density at radius 2 is 1.75 bits per heavy atom. The lowest BCUT2D eigenvalue weighted by Gasteiger charge is -2.32. The smallest absolute Gasteiger partial charge is 0.253 e. The van der Waals surface area contributed by atoms with Crippen LogP contribution in [-0.2, 0) is 11.2 Å². The molecule has 0 N–H and O–H groups in total. The predicted octanol–water partition coefficient (Wildman–Crippen LogP) is 2.74. The first-order valence-corrected chi connectivity index (χ1v) is 9.75. The van der Waals surface area contributed by atoms with Crippen LogP contribution in [0.1, 0.15) is 51.9 Å². The van der Waals surface area contributed by atoms with E-state index in [9.17, 15) is 9.59 Å². The maximum Gasteiger partial charge on any atom is 0.253 e. The van der Waals surface area contributed by atoms with E-state index in [-0.39, 0.29) is 17.7 Å². The molecule has 28 heavy (non-hydrogen) atoms. The molecule has 0 spiro atoms. The number of carbonyl (C=O) groups is 2. The van der Waals surface area contributed by atoms with Crippen LogP contribution in [-0.4, -0.2) is 58.8 Å². The van der Waals surface area contributed by atoms with Crippen LogP contribution < -0.4 is 0 Å². The van der Waals surface area contributed by atoms with Crippen LogP contribution in [0.25, 0.3) is 0 Å². The number of aryl methyl sites for hydroxylation is 2. The van der Waals surface area contributed by atoms with E-state index in [0.717, 1.165) is 42.2 Å². The van der Waals surface area contributed by atoms with Gasteiger partial charge in [-0.15, -0.1) is 0 Å². The Bertz CT molecular complexity index is 841. The van der Waals surface area contributed by atoms with Crippen molar-refractivity contribution in [1.82, 2.24) is 19.8 Å². The van der Waals surface area contributed by atoms with Crippen LogP contribution >= 0.6 is 0 Å². The molecule has 2 aromatic rings. The third-order valence-electron chi connectivity index (χ3n) is 5.36. The Balaban J connectivity index is 1.78. The highest BCUT2D eigenvalue weighted by molar-refractivity contribution is 5.94. The summed E-state index contributed by atoms with van der Waals surface area (Å²) in [6.45, 7) is 5.26. The summed E-state index contributed by atoms with van der Waals surface area (Å²) in [5.41, 5.74) is 3.32. The standard InChI is InChI=1S/C22H28N4O2/c1-15-19(13-20(27)25(3)4)16(2)24-21(23-15)18-11-8-12-26(14-18)22(28)17-9-6-5-7-10-17/h5-7,9-10,18H,8,11-14H2,1-4H3. The summed E-state index contributed by atoms with van der Waals surface area (Å²) in [6.07, 6.45) is 2.22. The second-order valence-electron chi connectivity index (χ2n) is 7.65. The van der Waals surface area contributed by atoms with Crippen LogP contribution in [0.3, 0.4) is 0 Å². The van der Waals surface area contributed by atoms with E-state index in [1.165, 1.54) is 0 Å². The summed E-state index contributed by atoms with van der Waals surface area (Å²) < 4.78 is 0. The summed E-state index contributed by atoms with van der Waals surface area (Å²) in [5.74, 6) is 1.01. The number of hydrogen-bond donors (Lipinski definition) is 0. The number of benzene rings is 1. The number of hydrogen-bond acceptors (Lipinski definition) is 4. The van der Waals surface area contributed by atoms with E-state index >= 15 is 0 Å². The van der Waals surface area contributed by atoms with Gasteiger partial charge in [0.25, 0.3) is 5.91 Å². The molecule has 1 aliphatic heterocycles. The first-order chi connectivity index (χ1) is 13.4. The molecule has 0 aliphatic carbocycles. The number of rotatable bonds is 4. The Kier molecular flexibility index (Phi) is 6.07. The van der Waals surface area contributed by atoms with Gasteiger partial charge in [0.15, 0.2) is 0 Å². The number of likely N-dealkylation sites (tertiary alicyclic amines) is 1. The molecule has 148 valence electrons. The van der Waals surface area contributed by atoms with Crippen molar-refractivity contribution in [2.24, 2.45) is 0 Å². The number of amides is 2. The van der Waals surface area contributed by atoms with E-state index in [1.54, 1.807) is 19.0 Å². The molecule has 1 saturated heterocycles. The number of nitrogens with zero attached hydrogens (tertiary/aromatic N) is 4. The Hall–Kier alpha value is -2.76. The van der Waals surface area contributed by atoms with Gasteiger partial charge in [0, 0.05) is 55.6 Å². The minimum atomic E-state index is 0.0415. The van der Waals surface area contributed by atoms with Crippen molar-refractivity contribution < 1.29 is 9.59 Å². The average molecular weight is 380 g/mol. The summed E-state index contributed by atoms with van der Waals surface area (Å²) in [4.78, 5) is 37.8. The normalized spacial score (nSPS) is 16.7. The summed E-state index contributed by atoms with van der Waals surface area (Å²) in [7, 11) is 3.51. The third-order valence-corrected chi connectivity index (χ3v) is 5.36. The fourth-order valence-corrected chi connectivity index (χ4v) is 3.65. The van der Waals surface area contributed by atoms with E-state index in [2.05, 4.69) is 0 Å². The van der Waals surface area contributed by atoms with Gasteiger partial charge < -0.3 is 9.80 Å².